The fraction of sp³-hybridized carbons (Fsp3) is 1.00. The summed E-state index contributed by atoms with van der Waals surface area (Å²) >= 11 is 0. The largest absolute Gasteiger partial charge is 0.0683 e. The second-order valence-corrected chi connectivity index (χ2v) is 10.8. The summed E-state index contributed by atoms with van der Waals surface area (Å²) in [4.78, 5) is 0. The Kier molecular flexibility index (Phi) is 526. The van der Waals surface area contributed by atoms with Crippen LogP contribution in [0.4, 0.5) is 0 Å². The summed E-state index contributed by atoms with van der Waals surface area (Å²) in [5, 5.41) is 0. The quantitative estimate of drug-likeness (QED) is 0.229. The molecule has 0 aromatic rings. The van der Waals surface area contributed by atoms with Crippen LogP contribution in [0.3, 0.4) is 0 Å². The highest BCUT2D eigenvalue weighted by Crippen LogP contribution is 2.15. The van der Waals surface area contributed by atoms with Crippen LogP contribution in [0, 0.1) is 0 Å². The first-order valence-corrected chi connectivity index (χ1v) is 27.3. The molecule has 0 aliphatic heterocycles. The molecule has 0 unspecified atom stereocenters. The van der Waals surface area contributed by atoms with Crippen molar-refractivity contribution in [2.75, 3.05) is 0 Å². The zero-order chi connectivity index (χ0) is 49.0. The van der Waals surface area contributed by atoms with E-state index in [1.165, 1.54) is 154 Å². The van der Waals surface area contributed by atoms with Crippen molar-refractivity contribution in [2.24, 2.45) is 0 Å². The third-order valence-corrected chi connectivity index (χ3v) is 6.00. The lowest BCUT2D eigenvalue weighted by atomic mass is 10.0. The number of hydrogen-bond acceptors (Lipinski definition) is 0. The van der Waals surface area contributed by atoms with E-state index in [-0.39, 0.29) is 0 Å². The van der Waals surface area contributed by atoms with E-state index in [0.717, 1.165) is 0 Å². The third-order valence-electron chi connectivity index (χ3n) is 6.00. The molecule has 2 aliphatic carbocycles. The predicted molar refractivity (Wildman–Crippen MR) is 292 cm³/mol. The maximum atomic E-state index is 2.18. The van der Waals surface area contributed by atoms with E-state index in [1.54, 1.807) is 0 Å². The first kappa shape index (κ1) is 106. The molecule has 0 bridgehead atoms. The molecule has 2 rings (SSSR count). The molecule has 0 radical (unpaired) electrons. The van der Waals surface area contributed by atoms with Crippen molar-refractivity contribution in [2.45, 2.75) is 376 Å². The van der Waals surface area contributed by atoms with Gasteiger partial charge in [0.05, 0.1) is 0 Å². The van der Waals surface area contributed by atoms with Crippen molar-refractivity contribution < 1.29 is 0 Å². The standard InChI is InChI=1S/2C4H8.8C4H10.8C2H6/c2*1-2-4-3-1;8*1-3-4-2;8*1-2/h2*1-4H2;8*3-4H2,1-2H3;8*1-2H3. The van der Waals surface area contributed by atoms with Gasteiger partial charge in [-0.2, -0.15) is 0 Å². The lowest BCUT2D eigenvalue weighted by molar-refractivity contribution is 0.504. The molecule has 0 saturated heterocycles. The van der Waals surface area contributed by atoms with E-state index >= 15 is 0 Å². The van der Waals surface area contributed by atoms with Crippen LogP contribution in [-0.4, -0.2) is 0 Å². The van der Waals surface area contributed by atoms with Crippen molar-refractivity contribution >= 4 is 0 Å². The highest BCUT2D eigenvalue weighted by Gasteiger charge is 1.95. The van der Waals surface area contributed by atoms with Gasteiger partial charge in [0.2, 0.25) is 0 Å². The average molecular weight is 818 g/mol. The normalized spacial score (nSPS) is 8.57. The van der Waals surface area contributed by atoms with Crippen LogP contribution in [0.2, 0.25) is 0 Å². The molecular formula is C56H144. The summed E-state index contributed by atoms with van der Waals surface area (Å²) in [6, 6.07) is 0. The van der Waals surface area contributed by atoms with Crippen LogP contribution < -0.4 is 0 Å². The highest BCUT2D eigenvalue weighted by atomic mass is 14.0. The van der Waals surface area contributed by atoms with Gasteiger partial charge in [-0.3, -0.25) is 0 Å². The van der Waals surface area contributed by atoms with Gasteiger partial charge in [-0.15, -0.1) is 0 Å². The Bertz CT molecular complexity index is 132. The van der Waals surface area contributed by atoms with Crippen LogP contribution in [0.15, 0.2) is 0 Å². The van der Waals surface area contributed by atoms with Gasteiger partial charge in [-0.05, 0) is 0 Å². The Labute approximate surface area is 374 Å². The first-order valence-electron chi connectivity index (χ1n) is 27.3. The van der Waals surface area contributed by atoms with E-state index in [9.17, 15) is 0 Å². The minimum absolute atomic E-state index is 1.32. The molecular weight excluding hydrogens is 673 g/mol. The Balaban J connectivity index is -0.0000000218. The molecule has 0 spiro atoms. The number of rotatable bonds is 8. The molecule has 0 amide bonds. The molecule has 0 nitrogen and oxygen atoms in total. The summed E-state index contributed by atoms with van der Waals surface area (Å²) in [6.07, 6.45) is 33.1. The summed E-state index contributed by atoms with van der Waals surface area (Å²) in [5.41, 5.74) is 0. The van der Waals surface area contributed by atoms with Crippen LogP contribution >= 0.6 is 0 Å². The van der Waals surface area contributed by atoms with Gasteiger partial charge < -0.3 is 0 Å². The van der Waals surface area contributed by atoms with E-state index in [2.05, 4.69) is 111 Å². The van der Waals surface area contributed by atoms with Crippen LogP contribution in [0.1, 0.15) is 376 Å². The molecule has 2 fully saturated rings. The average Bonchev–Trinajstić information content (AvgIpc) is 3.28. The van der Waals surface area contributed by atoms with Crippen molar-refractivity contribution in [3.05, 3.63) is 0 Å². The molecule has 0 heteroatoms. The highest BCUT2D eigenvalue weighted by molar-refractivity contribution is 4.51. The van der Waals surface area contributed by atoms with Crippen molar-refractivity contribution in [1.82, 2.24) is 0 Å². The van der Waals surface area contributed by atoms with Crippen LogP contribution in [0.25, 0.3) is 0 Å². The number of hydrogen-bond donors (Lipinski definition) is 0. The second-order valence-electron chi connectivity index (χ2n) is 10.8. The first-order chi connectivity index (χ1) is 27.3. The van der Waals surface area contributed by atoms with E-state index in [1.807, 2.05) is 111 Å². The minimum atomic E-state index is 1.32. The summed E-state index contributed by atoms with van der Waals surface area (Å²) < 4.78 is 0. The molecule has 2 aliphatic rings. The number of unbranched alkanes of at least 4 members (excludes halogenated alkanes) is 8. The topological polar surface area (TPSA) is 0 Å². The Hall–Kier alpha value is 0. The lowest BCUT2D eigenvalue weighted by Crippen LogP contribution is -1.85. The summed E-state index contributed by atoms with van der Waals surface area (Å²) in [5.74, 6) is 0. The molecule has 0 aromatic heterocycles. The molecule has 368 valence electrons. The monoisotopic (exact) mass is 817 g/mol. The van der Waals surface area contributed by atoms with Crippen LogP contribution in [0.5, 0.6) is 0 Å². The van der Waals surface area contributed by atoms with Crippen molar-refractivity contribution in [3.8, 4) is 0 Å². The molecule has 0 N–H and O–H groups in total. The zero-order valence-corrected chi connectivity index (χ0v) is 49.0. The smallest absolute Gasteiger partial charge is 0.0533 e. The Morgan fingerprint density at radius 2 is 0.161 bits per heavy atom. The van der Waals surface area contributed by atoms with Crippen molar-refractivity contribution in [1.29, 1.82) is 0 Å². The third kappa shape index (κ3) is 593. The maximum Gasteiger partial charge on any atom is -0.0533 e. The Morgan fingerprint density at radius 1 is 0.125 bits per heavy atom. The van der Waals surface area contributed by atoms with Gasteiger partial charge in [-0.25, -0.2) is 0 Å². The second kappa shape index (κ2) is 278. The minimum Gasteiger partial charge on any atom is -0.0683 e. The van der Waals surface area contributed by atoms with E-state index < -0.39 is 0 Å². The lowest BCUT2D eigenvalue weighted by Gasteiger charge is -2.05. The van der Waals surface area contributed by atoms with Crippen LogP contribution in [-0.2, 0) is 0 Å². The molecule has 0 heterocycles. The maximum absolute atomic E-state index is 2.18. The molecule has 2 saturated carbocycles. The van der Waals surface area contributed by atoms with Gasteiger partial charge in [0, 0.05) is 0 Å². The van der Waals surface area contributed by atoms with Gasteiger partial charge in [-0.1, -0.05) is 376 Å². The molecule has 0 atom stereocenters. The zero-order valence-electron chi connectivity index (χ0n) is 49.0. The molecule has 56 heavy (non-hydrogen) atoms. The Morgan fingerprint density at radius 3 is 0.161 bits per heavy atom. The SMILES string of the molecule is C1CCC1.C1CCC1.CC.CC.CC.CC.CC.CC.CC.CC.CCCC.CCCC.CCCC.CCCC.CCCC.CCCC.CCCC.CCCC. The van der Waals surface area contributed by atoms with Gasteiger partial charge in [0.15, 0.2) is 0 Å². The van der Waals surface area contributed by atoms with E-state index in [0.29, 0.717) is 0 Å². The fourth-order valence-corrected chi connectivity index (χ4v) is 0.500. The summed E-state index contributed by atoms with van der Waals surface area (Å²) in [6.45, 7) is 66.9. The van der Waals surface area contributed by atoms with Gasteiger partial charge in [0.1, 0.15) is 0 Å². The summed E-state index contributed by atoms with van der Waals surface area (Å²) in [7, 11) is 0. The predicted octanol–water partition coefficient (Wildman–Crippen LogP) is 25.8. The van der Waals surface area contributed by atoms with Gasteiger partial charge >= 0.3 is 0 Å². The molecule has 0 aromatic carbocycles. The van der Waals surface area contributed by atoms with Gasteiger partial charge in [0.25, 0.3) is 0 Å². The van der Waals surface area contributed by atoms with E-state index in [4.69, 9.17) is 0 Å². The van der Waals surface area contributed by atoms with Crippen molar-refractivity contribution in [3.63, 3.8) is 0 Å². The fourth-order valence-electron chi connectivity index (χ4n) is 0.500.